The molecule has 3 nitrogen and oxygen atoms in total. The molecule has 0 saturated heterocycles. The zero-order valence-electron chi connectivity index (χ0n) is 12.2. The van der Waals surface area contributed by atoms with E-state index in [1.807, 2.05) is 12.1 Å². The predicted molar refractivity (Wildman–Crippen MR) is 87.7 cm³/mol. The number of aromatic hydroxyl groups is 1. The Morgan fingerprint density at radius 3 is 2.45 bits per heavy atom. The number of hydrogen-bond donors (Lipinski definition) is 1. The number of ether oxygens (including phenoxy) is 1. The molecule has 1 aliphatic heterocycles. The van der Waals surface area contributed by atoms with Crippen molar-refractivity contribution in [1.82, 2.24) is 4.90 Å². The van der Waals surface area contributed by atoms with E-state index in [0.29, 0.717) is 11.8 Å². The van der Waals surface area contributed by atoms with Crippen molar-refractivity contribution in [2.24, 2.45) is 0 Å². The number of benzene rings is 1. The third-order valence-corrected chi connectivity index (χ3v) is 3.52. The Balaban J connectivity index is 0.00000180. The van der Waals surface area contributed by atoms with Crippen molar-refractivity contribution in [2.45, 2.75) is 39.2 Å². The highest BCUT2D eigenvalue weighted by atomic mass is 35.5. The molecule has 0 radical (unpaired) electrons. The van der Waals surface area contributed by atoms with Gasteiger partial charge in [0.2, 0.25) is 0 Å². The van der Waals surface area contributed by atoms with E-state index in [9.17, 15) is 5.11 Å². The standard InChI is InChI=1S/C15H23NO2.2ClH/c1-3-8-16(9-4-2)12-10-13-14(17)6-5-7-15(13)18-11-12;;/h5-7,12,17H,3-4,8-11H2,1-2H3;2*1H. The van der Waals surface area contributed by atoms with Crippen molar-refractivity contribution in [3.8, 4) is 11.5 Å². The maximum Gasteiger partial charge on any atom is 0.126 e. The number of hydrogen-bond acceptors (Lipinski definition) is 3. The zero-order chi connectivity index (χ0) is 13.0. The van der Waals surface area contributed by atoms with E-state index in [1.165, 1.54) is 0 Å². The first-order chi connectivity index (χ1) is 8.76. The summed E-state index contributed by atoms with van der Waals surface area (Å²) < 4.78 is 5.79. The second kappa shape index (κ2) is 9.32. The number of phenols is 1. The van der Waals surface area contributed by atoms with Crippen LogP contribution in [0.2, 0.25) is 0 Å². The van der Waals surface area contributed by atoms with Gasteiger partial charge in [0.25, 0.3) is 0 Å². The number of nitrogens with zero attached hydrogens (tertiary/aromatic N) is 1. The summed E-state index contributed by atoms with van der Waals surface area (Å²) in [6.07, 6.45) is 3.20. The van der Waals surface area contributed by atoms with Crippen molar-refractivity contribution >= 4 is 24.8 Å². The molecule has 1 atom stereocenters. The molecule has 0 aromatic heterocycles. The van der Waals surface area contributed by atoms with Crippen LogP contribution in [0.5, 0.6) is 11.5 Å². The first-order valence-electron chi connectivity index (χ1n) is 6.94. The van der Waals surface area contributed by atoms with Gasteiger partial charge in [-0.1, -0.05) is 19.9 Å². The Labute approximate surface area is 134 Å². The van der Waals surface area contributed by atoms with Gasteiger partial charge < -0.3 is 9.84 Å². The van der Waals surface area contributed by atoms with Gasteiger partial charge in [-0.2, -0.15) is 0 Å². The highest BCUT2D eigenvalue weighted by Crippen LogP contribution is 2.33. The highest BCUT2D eigenvalue weighted by Gasteiger charge is 2.26. The van der Waals surface area contributed by atoms with Crippen LogP contribution in [0, 0.1) is 0 Å². The van der Waals surface area contributed by atoms with Crippen molar-refractivity contribution in [3.63, 3.8) is 0 Å². The number of fused-ring (bicyclic) bond motifs is 1. The van der Waals surface area contributed by atoms with E-state index in [4.69, 9.17) is 4.74 Å². The fourth-order valence-electron chi connectivity index (χ4n) is 2.66. The van der Waals surface area contributed by atoms with Crippen molar-refractivity contribution in [2.75, 3.05) is 19.7 Å². The normalized spacial score (nSPS) is 16.6. The van der Waals surface area contributed by atoms with E-state index in [-0.39, 0.29) is 24.8 Å². The summed E-state index contributed by atoms with van der Waals surface area (Å²) >= 11 is 0. The minimum absolute atomic E-state index is 0. The molecule has 5 heteroatoms. The van der Waals surface area contributed by atoms with E-state index in [0.717, 1.165) is 50.3 Å². The van der Waals surface area contributed by atoms with Crippen LogP contribution in [0.3, 0.4) is 0 Å². The molecule has 0 fully saturated rings. The summed E-state index contributed by atoms with van der Waals surface area (Å²) in [5.74, 6) is 1.21. The summed E-state index contributed by atoms with van der Waals surface area (Å²) in [6, 6.07) is 5.92. The molecule has 1 N–H and O–H groups in total. The maximum absolute atomic E-state index is 9.92. The monoisotopic (exact) mass is 321 g/mol. The Hall–Kier alpha value is -0.640. The van der Waals surface area contributed by atoms with Crippen LogP contribution in [0.15, 0.2) is 18.2 Å². The first kappa shape index (κ1) is 19.4. The van der Waals surface area contributed by atoms with Gasteiger partial charge in [0, 0.05) is 11.6 Å². The van der Waals surface area contributed by atoms with Gasteiger partial charge >= 0.3 is 0 Å². The lowest BCUT2D eigenvalue weighted by Gasteiger charge is -2.35. The molecule has 0 amide bonds. The molecule has 116 valence electrons. The summed E-state index contributed by atoms with van der Waals surface area (Å²) in [4.78, 5) is 2.48. The molecular weight excluding hydrogens is 297 g/mol. The number of halogens is 2. The van der Waals surface area contributed by atoms with Crippen LogP contribution in [-0.4, -0.2) is 35.7 Å². The molecule has 0 aliphatic carbocycles. The lowest BCUT2D eigenvalue weighted by molar-refractivity contribution is 0.118. The van der Waals surface area contributed by atoms with Crippen LogP contribution < -0.4 is 4.74 Å². The molecule has 1 heterocycles. The van der Waals surface area contributed by atoms with Gasteiger partial charge in [-0.25, -0.2) is 0 Å². The molecule has 20 heavy (non-hydrogen) atoms. The molecular formula is C15H25Cl2NO2. The van der Waals surface area contributed by atoms with Crippen molar-refractivity contribution in [3.05, 3.63) is 23.8 Å². The molecule has 2 rings (SSSR count). The molecule has 1 aromatic carbocycles. The predicted octanol–water partition coefficient (Wildman–Crippen LogP) is 3.66. The zero-order valence-corrected chi connectivity index (χ0v) is 13.8. The Bertz CT molecular complexity index is 395. The quantitative estimate of drug-likeness (QED) is 0.898. The summed E-state index contributed by atoms with van der Waals surface area (Å²) in [5.41, 5.74) is 0.964. The molecule has 1 aromatic rings. The van der Waals surface area contributed by atoms with Crippen LogP contribution in [0.25, 0.3) is 0 Å². The number of phenolic OH excluding ortho intramolecular Hbond substituents is 1. The van der Waals surface area contributed by atoms with Gasteiger partial charge in [-0.15, -0.1) is 24.8 Å². The van der Waals surface area contributed by atoms with Gasteiger partial charge in [0.15, 0.2) is 0 Å². The van der Waals surface area contributed by atoms with Crippen LogP contribution in [-0.2, 0) is 6.42 Å². The molecule has 1 aliphatic rings. The van der Waals surface area contributed by atoms with Crippen LogP contribution in [0.4, 0.5) is 0 Å². The second-order valence-electron chi connectivity index (χ2n) is 4.96. The molecule has 1 unspecified atom stereocenters. The summed E-state index contributed by atoms with van der Waals surface area (Å²) in [5, 5.41) is 9.92. The van der Waals surface area contributed by atoms with Gasteiger partial charge in [0.1, 0.15) is 18.1 Å². The van der Waals surface area contributed by atoms with Crippen LogP contribution in [0.1, 0.15) is 32.3 Å². The lowest BCUT2D eigenvalue weighted by atomic mass is 10.00. The fourth-order valence-corrected chi connectivity index (χ4v) is 2.66. The first-order valence-corrected chi connectivity index (χ1v) is 6.94. The average Bonchev–Trinajstić information content (AvgIpc) is 2.39. The largest absolute Gasteiger partial charge is 0.508 e. The fraction of sp³-hybridized carbons (Fsp3) is 0.600. The third-order valence-electron chi connectivity index (χ3n) is 3.52. The lowest BCUT2D eigenvalue weighted by Crippen LogP contribution is -2.43. The summed E-state index contributed by atoms with van der Waals surface area (Å²) in [6.45, 7) is 7.35. The van der Waals surface area contributed by atoms with Gasteiger partial charge in [-0.3, -0.25) is 4.90 Å². The summed E-state index contributed by atoms with van der Waals surface area (Å²) in [7, 11) is 0. The maximum atomic E-state index is 9.92. The topological polar surface area (TPSA) is 32.7 Å². The van der Waals surface area contributed by atoms with Crippen molar-refractivity contribution in [1.29, 1.82) is 0 Å². The smallest absolute Gasteiger partial charge is 0.126 e. The van der Waals surface area contributed by atoms with Gasteiger partial charge in [0.05, 0.1) is 0 Å². The Morgan fingerprint density at radius 2 is 1.85 bits per heavy atom. The highest BCUT2D eigenvalue weighted by molar-refractivity contribution is 5.85. The third kappa shape index (κ3) is 4.44. The Kier molecular flexibility index (Phi) is 9.03. The van der Waals surface area contributed by atoms with E-state index < -0.39 is 0 Å². The molecule has 0 saturated carbocycles. The van der Waals surface area contributed by atoms with Crippen molar-refractivity contribution < 1.29 is 9.84 Å². The number of rotatable bonds is 5. The minimum atomic E-state index is 0. The van der Waals surface area contributed by atoms with Gasteiger partial charge in [-0.05, 0) is 44.5 Å². The Morgan fingerprint density at radius 1 is 1.20 bits per heavy atom. The van der Waals surface area contributed by atoms with E-state index in [2.05, 4.69) is 18.7 Å². The van der Waals surface area contributed by atoms with Crippen LogP contribution >= 0.6 is 24.8 Å². The second-order valence-corrected chi connectivity index (χ2v) is 4.96. The average molecular weight is 322 g/mol. The minimum Gasteiger partial charge on any atom is -0.508 e. The van der Waals surface area contributed by atoms with E-state index >= 15 is 0 Å². The van der Waals surface area contributed by atoms with E-state index in [1.54, 1.807) is 6.07 Å². The molecule has 0 bridgehead atoms. The molecule has 0 spiro atoms. The SMILES string of the molecule is CCCN(CCC)C1COc2cccc(O)c2C1.Cl.Cl.